The molecule has 4 aromatic carbocycles. The van der Waals surface area contributed by atoms with Gasteiger partial charge >= 0.3 is 0 Å². The predicted octanol–water partition coefficient (Wildman–Crippen LogP) is 9.51. The molecule has 0 atom stereocenters. The molecule has 3 heterocycles. The van der Waals surface area contributed by atoms with Gasteiger partial charge in [-0.15, -0.1) is 71.4 Å². The molecule has 0 aliphatic carbocycles. The Morgan fingerprint density at radius 3 is 2.08 bits per heavy atom. The van der Waals surface area contributed by atoms with Crippen LogP contribution in [0.2, 0.25) is 0 Å². The van der Waals surface area contributed by atoms with Crippen LogP contribution in [0.25, 0.3) is 44.8 Å². The normalized spacial score (nSPS) is 10.9. The number of aryl methyl sites for hydroxylation is 2. The van der Waals surface area contributed by atoms with Gasteiger partial charge in [-0.2, -0.15) is 0 Å². The monoisotopic (exact) mass is 711 g/mol. The Morgan fingerprint density at radius 1 is 0.600 bits per heavy atom. The molecule has 1 aliphatic heterocycles. The summed E-state index contributed by atoms with van der Waals surface area (Å²) in [5.74, 6) is 0. The van der Waals surface area contributed by atoms with Crippen LogP contribution in [0.1, 0.15) is 11.1 Å². The van der Waals surface area contributed by atoms with Crippen LogP contribution in [-0.4, -0.2) is 9.97 Å². The summed E-state index contributed by atoms with van der Waals surface area (Å²) < 4.78 is 0. The molecule has 0 N–H and O–H groups in total. The van der Waals surface area contributed by atoms with Crippen LogP contribution in [-0.2, 0) is 20.1 Å². The van der Waals surface area contributed by atoms with Crippen molar-refractivity contribution in [2.45, 2.75) is 23.6 Å². The van der Waals surface area contributed by atoms with E-state index in [1.807, 2.05) is 73.5 Å². The van der Waals surface area contributed by atoms with E-state index in [2.05, 4.69) is 95.8 Å². The summed E-state index contributed by atoms with van der Waals surface area (Å²) in [6, 6.07) is 44.2. The van der Waals surface area contributed by atoms with Crippen molar-refractivity contribution in [3.05, 3.63) is 145 Å². The number of benzene rings is 4. The number of hydrogen-bond donors (Lipinski definition) is 0. The number of rotatable bonds is 2. The number of aromatic nitrogens is 2. The van der Waals surface area contributed by atoms with Gasteiger partial charge in [0.1, 0.15) is 0 Å². The maximum Gasteiger partial charge on any atom is 0.0190 e. The molecule has 40 heavy (non-hydrogen) atoms. The average molecular weight is 711 g/mol. The van der Waals surface area contributed by atoms with Gasteiger partial charge in [0.2, 0.25) is 0 Å². The van der Waals surface area contributed by atoms with Gasteiger partial charge in [0.15, 0.2) is 0 Å². The summed E-state index contributed by atoms with van der Waals surface area (Å²) in [4.78, 5) is 11.4. The minimum Gasteiger partial charge on any atom is -0.305 e. The van der Waals surface area contributed by atoms with Gasteiger partial charge in [-0.05, 0) is 59.6 Å². The Balaban J connectivity index is 0.000000195. The van der Waals surface area contributed by atoms with Crippen LogP contribution >= 0.6 is 11.8 Å². The Bertz CT molecular complexity index is 1750. The third-order valence-corrected chi connectivity index (χ3v) is 7.83. The third-order valence-electron chi connectivity index (χ3n) is 6.62. The molecule has 6 aromatic rings. The molecule has 0 saturated carbocycles. The van der Waals surface area contributed by atoms with Crippen molar-refractivity contribution in [3.63, 3.8) is 0 Å². The van der Waals surface area contributed by atoms with Gasteiger partial charge in [-0.3, -0.25) is 0 Å². The zero-order chi connectivity index (χ0) is 26.6. The van der Waals surface area contributed by atoms with E-state index >= 15 is 0 Å². The van der Waals surface area contributed by atoms with Crippen molar-refractivity contribution < 1.29 is 20.1 Å². The topological polar surface area (TPSA) is 25.8 Å². The van der Waals surface area contributed by atoms with E-state index in [1.165, 1.54) is 43.2 Å². The van der Waals surface area contributed by atoms with E-state index in [0.717, 1.165) is 22.5 Å². The minimum absolute atomic E-state index is 0. The molecule has 0 bridgehead atoms. The SMILES string of the molecule is Cc1ccc(-c2[c-]cccc2)nc1.Cc1ccnc(-c2[c-]ccc3c2Sc2ccccc2-c2ccccc2-3)c1.[Ir]. The minimum atomic E-state index is 0. The number of pyridine rings is 2. The molecule has 0 spiro atoms. The second kappa shape index (κ2) is 12.6. The molecule has 1 aliphatic rings. The molecule has 4 heteroatoms. The second-order valence-corrected chi connectivity index (χ2v) is 10.5. The van der Waals surface area contributed by atoms with E-state index in [-0.39, 0.29) is 20.1 Å². The molecule has 0 amide bonds. The van der Waals surface area contributed by atoms with E-state index in [4.69, 9.17) is 0 Å². The first-order valence-corrected chi connectivity index (χ1v) is 13.7. The summed E-state index contributed by atoms with van der Waals surface area (Å²) >= 11 is 1.82. The molecular weight excluding hydrogens is 685 g/mol. The summed E-state index contributed by atoms with van der Waals surface area (Å²) in [5, 5.41) is 0. The van der Waals surface area contributed by atoms with E-state index in [1.54, 1.807) is 0 Å². The fourth-order valence-electron chi connectivity index (χ4n) is 4.69. The van der Waals surface area contributed by atoms with Gasteiger partial charge in [-0.25, -0.2) is 0 Å². The Labute approximate surface area is 253 Å². The molecule has 0 saturated heterocycles. The van der Waals surface area contributed by atoms with Crippen LogP contribution in [0, 0.1) is 26.0 Å². The molecule has 197 valence electrons. The van der Waals surface area contributed by atoms with Gasteiger partial charge in [0.05, 0.1) is 0 Å². The zero-order valence-electron chi connectivity index (χ0n) is 22.2. The van der Waals surface area contributed by atoms with Gasteiger partial charge in [-0.1, -0.05) is 76.7 Å². The fourth-order valence-corrected chi connectivity index (χ4v) is 5.89. The standard InChI is InChI=1S/C24H16NS.C12H10N.Ir/c1-16-13-14-25-22(15-16)21-11-6-10-20-18-8-3-2-7-17(18)19-9-4-5-12-23(19)26-24(20)21;1-10-7-8-12(13-9-10)11-5-3-2-4-6-11;/h2-10,12-15H,1H3;2-5,7-9H,1H3;/q2*-1;. The van der Waals surface area contributed by atoms with Crippen molar-refractivity contribution in [1.29, 1.82) is 0 Å². The smallest absolute Gasteiger partial charge is 0.0190 e. The summed E-state index contributed by atoms with van der Waals surface area (Å²) in [6.07, 6.45) is 3.75. The summed E-state index contributed by atoms with van der Waals surface area (Å²) in [5.41, 5.74) is 11.5. The van der Waals surface area contributed by atoms with Crippen LogP contribution in [0.5, 0.6) is 0 Å². The zero-order valence-corrected chi connectivity index (χ0v) is 25.4. The van der Waals surface area contributed by atoms with Gasteiger partial charge < -0.3 is 9.97 Å². The Morgan fingerprint density at radius 2 is 1.35 bits per heavy atom. The van der Waals surface area contributed by atoms with Crippen molar-refractivity contribution >= 4 is 11.8 Å². The second-order valence-electron chi connectivity index (χ2n) is 9.45. The maximum atomic E-state index is 4.62. The third kappa shape index (κ3) is 5.85. The molecule has 0 fully saturated rings. The molecule has 0 unspecified atom stereocenters. The average Bonchev–Trinajstić information content (AvgIpc) is 3.13. The van der Waals surface area contributed by atoms with Gasteiger partial charge in [0.25, 0.3) is 0 Å². The first-order chi connectivity index (χ1) is 19.2. The van der Waals surface area contributed by atoms with E-state index < -0.39 is 0 Å². The number of hydrogen-bond acceptors (Lipinski definition) is 3. The van der Waals surface area contributed by atoms with E-state index in [0.29, 0.717) is 0 Å². The molecule has 2 aromatic heterocycles. The first kappa shape index (κ1) is 27.7. The Hall–Kier alpha value is -3.82. The van der Waals surface area contributed by atoms with Crippen LogP contribution < -0.4 is 0 Å². The van der Waals surface area contributed by atoms with Crippen molar-refractivity contribution in [2.75, 3.05) is 0 Å². The Kier molecular flexibility index (Phi) is 8.72. The van der Waals surface area contributed by atoms with Crippen molar-refractivity contribution in [1.82, 2.24) is 9.97 Å². The van der Waals surface area contributed by atoms with Crippen molar-refractivity contribution in [2.24, 2.45) is 0 Å². The molecular formula is C36H26IrN2S-2. The van der Waals surface area contributed by atoms with Crippen molar-refractivity contribution in [3.8, 4) is 44.8 Å². The maximum absolute atomic E-state index is 4.62. The molecule has 2 nitrogen and oxygen atoms in total. The number of fused-ring (bicyclic) bond motifs is 5. The predicted molar refractivity (Wildman–Crippen MR) is 161 cm³/mol. The largest absolute Gasteiger partial charge is 0.305 e. The van der Waals surface area contributed by atoms with Gasteiger partial charge in [0, 0.05) is 37.4 Å². The fraction of sp³-hybridized carbons (Fsp3) is 0.0556. The molecule has 7 rings (SSSR count). The van der Waals surface area contributed by atoms with Crippen LogP contribution in [0.3, 0.4) is 0 Å². The molecule has 1 radical (unpaired) electrons. The van der Waals surface area contributed by atoms with Crippen LogP contribution in [0.4, 0.5) is 0 Å². The quantitative estimate of drug-likeness (QED) is 0.167. The van der Waals surface area contributed by atoms with E-state index in [9.17, 15) is 0 Å². The summed E-state index contributed by atoms with van der Waals surface area (Å²) in [7, 11) is 0. The van der Waals surface area contributed by atoms with Crippen LogP contribution in [0.15, 0.2) is 131 Å². The number of nitrogens with zero attached hydrogens (tertiary/aromatic N) is 2. The summed E-state index contributed by atoms with van der Waals surface area (Å²) in [6.45, 7) is 4.13. The first-order valence-electron chi connectivity index (χ1n) is 12.9.